The molecule has 2 fully saturated rings. The van der Waals surface area contributed by atoms with Gasteiger partial charge in [0.2, 0.25) is 0 Å². The van der Waals surface area contributed by atoms with E-state index >= 15 is 0 Å². The number of piperazine rings is 1. The third kappa shape index (κ3) is 4.00. The average molecular weight is 359 g/mol. The molecule has 0 spiro atoms. The largest absolute Gasteiger partial charge is 0.486 e. The van der Waals surface area contributed by atoms with Crippen LogP contribution >= 0.6 is 0 Å². The molecule has 2 heterocycles. The number of nitrogens with one attached hydrogen (secondary N) is 1. The maximum Gasteiger partial charge on any atom is 0.317 e. The van der Waals surface area contributed by atoms with Crippen LogP contribution in [-0.4, -0.2) is 56.4 Å². The lowest BCUT2D eigenvalue weighted by Crippen LogP contribution is -2.53. The minimum Gasteiger partial charge on any atom is -0.486 e. The molecule has 6 heteroatoms. The molecule has 1 aliphatic carbocycles. The normalized spacial score (nSPS) is 21.2. The third-order valence-corrected chi connectivity index (χ3v) is 5.64. The van der Waals surface area contributed by atoms with Crippen molar-refractivity contribution in [3.63, 3.8) is 0 Å². The molecule has 1 aromatic rings. The topological polar surface area (TPSA) is 54.0 Å². The monoisotopic (exact) mass is 359 g/mol. The van der Waals surface area contributed by atoms with Crippen molar-refractivity contribution in [1.82, 2.24) is 10.2 Å². The number of carbonyl (C=O) groups is 1. The Balaban J connectivity index is 1.30. The number of rotatable bonds is 2. The molecule has 1 saturated heterocycles. The van der Waals surface area contributed by atoms with Gasteiger partial charge in [0.25, 0.3) is 0 Å². The molecule has 2 amide bonds. The maximum absolute atomic E-state index is 12.6. The van der Waals surface area contributed by atoms with Crippen molar-refractivity contribution in [2.24, 2.45) is 0 Å². The Morgan fingerprint density at radius 2 is 1.62 bits per heavy atom. The van der Waals surface area contributed by atoms with Crippen molar-refractivity contribution >= 4 is 11.7 Å². The Morgan fingerprint density at radius 1 is 0.923 bits per heavy atom. The van der Waals surface area contributed by atoms with Gasteiger partial charge < -0.3 is 24.6 Å². The number of urea groups is 1. The molecule has 2 aliphatic heterocycles. The predicted octanol–water partition coefficient (Wildman–Crippen LogP) is 3.01. The van der Waals surface area contributed by atoms with E-state index in [-0.39, 0.29) is 6.03 Å². The van der Waals surface area contributed by atoms with Crippen LogP contribution in [0.1, 0.15) is 38.5 Å². The van der Waals surface area contributed by atoms with E-state index in [2.05, 4.69) is 22.3 Å². The summed E-state index contributed by atoms with van der Waals surface area (Å²) < 4.78 is 11.3. The van der Waals surface area contributed by atoms with E-state index in [1.54, 1.807) is 0 Å². The summed E-state index contributed by atoms with van der Waals surface area (Å²) in [6.07, 6.45) is 7.35. The van der Waals surface area contributed by atoms with E-state index in [4.69, 9.17) is 9.47 Å². The SMILES string of the molecule is O=C(NC1CCCCCC1)N1CCN(c2ccc3c(c2)OCCO3)CC1. The Morgan fingerprint density at radius 3 is 2.35 bits per heavy atom. The first-order valence-electron chi connectivity index (χ1n) is 10.00. The van der Waals surface area contributed by atoms with Gasteiger partial charge in [0.15, 0.2) is 11.5 Å². The fourth-order valence-corrected chi connectivity index (χ4v) is 4.09. The third-order valence-electron chi connectivity index (χ3n) is 5.64. The molecule has 0 bridgehead atoms. The highest BCUT2D eigenvalue weighted by Crippen LogP contribution is 2.34. The molecule has 4 rings (SSSR count). The molecular formula is C20H29N3O3. The Bertz CT molecular complexity index is 621. The minimum absolute atomic E-state index is 0.110. The van der Waals surface area contributed by atoms with Gasteiger partial charge in [-0.2, -0.15) is 0 Å². The van der Waals surface area contributed by atoms with Crippen molar-refractivity contribution in [2.45, 2.75) is 44.6 Å². The van der Waals surface area contributed by atoms with Crippen LogP contribution in [0, 0.1) is 0 Å². The predicted molar refractivity (Wildman–Crippen MR) is 101 cm³/mol. The van der Waals surface area contributed by atoms with E-state index in [0.29, 0.717) is 19.3 Å². The second kappa shape index (κ2) is 8.06. The van der Waals surface area contributed by atoms with Gasteiger partial charge in [0.05, 0.1) is 0 Å². The van der Waals surface area contributed by atoms with Crippen molar-refractivity contribution in [3.8, 4) is 11.5 Å². The van der Waals surface area contributed by atoms with Gasteiger partial charge in [-0.05, 0) is 25.0 Å². The average Bonchev–Trinajstić information content (AvgIpc) is 2.96. The molecule has 0 aromatic heterocycles. The Kier molecular flexibility index (Phi) is 5.37. The van der Waals surface area contributed by atoms with Gasteiger partial charge in [0.1, 0.15) is 13.2 Å². The number of anilines is 1. The zero-order valence-corrected chi connectivity index (χ0v) is 15.4. The zero-order chi connectivity index (χ0) is 17.8. The fourth-order valence-electron chi connectivity index (χ4n) is 4.09. The summed E-state index contributed by atoms with van der Waals surface area (Å²) in [5.41, 5.74) is 1.14. The molecule has 26 heavy (non-hydrogen) atoms. The summed E-state index contributed by atoms with van der Waals surface area (Å²) in [7, 11) is 0. The van der Waals surface area contributed by atoms with Gasteiger partial charge >= 0.3 is 6.03 Å². The highest BCUT2D eigenvalue weighted by molar-refractivity contribution is 5.75. The number of ether oxygens (including phenoxy) is 2. The van der Waals surface area contributed by atoms with Crippen LogP contribution in [0.25, 0.3) is 0 Å². The lowest BCUT2D eigenvalue weighted by molar-refractivity contribution is 0.171. The number of carbonyl (C=O) groups excluding carboxylic acids is 1. The number of amides is 2. The first-order chi connectivity index (χ1) is 12.8. The van der Waals surface area contributed by atoms with E-state index < -0.39 is 0 Å². The first kappa shape index (κ1) is 17.3. The van der Waals surface area contributed by atoms with E-state index in [1.807, 2.05) is 11.0 Å². The molecule has 0 unspecified atom stereocenters. The van der Waals surface area contributed by atoms with Gasteiger partial charge in [-0.1, -0.05) is 25.7 Å². The quantitative estimate of drug-likeness (QED) is 0.825. The van der Waals surface area contributed by atoms with Crippen LogP contribution in [0.5, 0.6) is 11.5 Å². The van der Waals surface area contributed by atoms with Crippen LogP contribution in [0.2, 0.25) is 0 Å². The molecule has 1 aromatic carbocycles. The smallest absolute Gasteiger partial charge is 0.317 e. The molecule has 0 atom stereocenters. The molecule has 1 saturated carbocycles. The summed E-state index contributed by atoms with van der Waals surface area (Å²) in [5.74, 6) is 1.64. The van der Waals surface area contributed by atoms with Crippen LogP contribution in [-0.2, 0) is 0 Å². The van der Waals surface area contributed by atoms with Crippen molar-refractivity contribution < 1.29 is 14.3 Å². The van der Waals surface area contributed by atoms with Crippen molar-refractivity contribution in [1.29, 1.82) is 0 Å². The number of nitrogens with zero attached hydrogens (tertiary/aromatic N) is 2. The van der Waals surface area contributed by atoms with Crippen LogP contribution in [0.4, 0.5) is 10.5 Å². The molecule has 6 nitrogen and oxygen atoms in total. The lowest BCUT2D eigenvalue weighted by atomic mass is 10.1. The van der Waals surface area contributed by atoms with E-state index in [9.17, 15) is 4.79 Å². The summed E-state index contributed by atoms with van der Waals surface area (Å²) in [6.45, 7) is 4.42. The minimum atomic E-state index is 0.110. The number of hydrogen-bond acceptors (Lipinski definition) is 4. The zero-order valence-electron chi connectivity index (χ0n) is 15.4. The first-order valence-corrected chi connectivity index (χ1v) is 10.00. The van der Waals surface area contributed by atoms with E-state index in [0.717, 1.165) is 56.2 Å². The van der Waals surface area contributed by atoms with Crippen LogP contribution in [0.15, 0.2) is 18.2 Å². The standard InChI is InChI=1S/C20H29N3O3/c24-20(21-16-5-3-1-2-4-6-16)23-11-9-22(10-12-23)17-7-8-18-19(15-17)26-14-13-25-18/h7-8,15-16H,1-6,9-14H2,(H,21,24). The molecule has 142 valence electrons. The molecule has 1 N–H and O–H groups in total. The maximum atomic E-state index is 12.6. The molecule has 0 radical (unpaired) electrons. The lowest BCUT2D eigenvalue weighted by Gasteiger charge is -2.37. The van der Waals surface area contributed by atoms with Crippen molar-refractivity contribution in [2.75, 3.05) is 44.3 Å². The second-order valence-electron chi connectivity index (χ2n) is 7.44. The van der Waals surface area contributed by atoms with Gasteiger partial charge in [-0.25, -0.2) is 4.79 Å². The van der Waals surface area contributed by atoms with E-state index in [1.165, 1.54) is 25.7 Å². The highest BCUT2D eigenvalue weighted by atomic mass is 16.6. The van der Waals surface area contributed by atoms with Gasteiger partial charge in [-0.3, -0.25) is 0 Å². The van der Waals surface area contributed by atoms with Gasteiger partial charge in [0, 0.05) is 44.0 Å². The number of hydrogen-bond donors (Lipinski definition) is 1. The number of fused-ring (bicyclic) bond motifs is 1. The molecular weight excluding hydrogens is 330 g/mol. The summed E-state index contributed by atoms with van der Waals surface area (Å²) >= 11 is 0. The summed E-state index contributed by atoms with van der Waals surface area (Å²) in [6, 6.07) is 6.58. The van der Waals surface area contributed by atoms with Crippen LogP contribution < -0.4 is 19.7 Å². The number of benzene rings is 1. The Labute approximate surface area is 155 Å². The highest BCUT2D eigenvalue weighted by Gasteiger charge is 2.24. The Hall–Kier alpha value is -2.11. The summed E-state index contributed by atoms with van der Waals surface area (Å²) in [5, 5.41) is 3.26. The molecule has 3 aliphatic rings. The second-order valence-corrected chi connectivity index (χ2v) is 7.44. The fraction of sp³-hybridized carbons (Fsp3) is 0.650. The van der Waals surface area contributed by atoms with Crippen molar-refractivity contribution in [3.05, 3.63) is 18.2 Å². The summed E-state index contributed by atoms with van der Waals surface area (Å²) in [4.78, 5) is 16.8. The van der Waals surface area contributed by atoms with Crippen LogP contribution in [0.3, 0.4) is 0 Å². The van der Waals surface area contributed by atoms with Gasteiger partial charge in [-0.15, -0.1) is 0 Å².